The van der Waals surface area contributed by atoms with Crippen molar-refractivity contribution < 1.29 is 19.2 Å². The molecule has 0 spiro atoms. The molecule has 3 aromatic rings. The van der Waals surface area contributed by atoms with Crippen LogP contribution in [0.1, 0.15) is 59.5 Å². The Labute approximate surface area is 179 Å². The van der Waals surface area contributed by atoms with Crippen molar-refractivity contribution >= 4 is 29.2 Å². The third-order valence-electron chi connectivity index (χ3n) is 5.39. The minimum atomic E-state index is -0.479. The van der Waals surface area contributed by atoms with E-state index in [2.05, 4.69) is 5.32 Å². The number of nitrogens with zero attached hydrogens (tertiary/aromatic N) is 1. The van der Waals surface area contributed by atoms with Crippen LogP contribution in [0.4, 0.5) is 5.69 Å². The van der Waals surface area contributed by atoms with Gasteiger partial charge in [0.2, 0.25) is 0 Å². The van der Waals surface area contributed by atoms with E-state index in [1.54, 1.807) is 74.5 Å². The van der Waals surface area contributed by atoms with Crippen LogP contribution >= 0.6 is 0 Å². The maximum Gasteiger partial charge on any atom is 0.263 e. The van der Waals surface area contributed by atoms with E-state index in [1.165, 1.54) is 6.07 Å². The largest absolute Gasteiger partial charge is 0.321 e. The fourth-order valence-electron chi connectivity index (χ4n) is 3.78. The van der Waals surface area contributed by atoms with Crippen LogP contribution in [0, 0.1) is 6.92 Å². The molecule has 0 aromatic heterocycles. The first kappa shape index (κ1) is 20.2. The van der Waals surface area contributed by atoms with Gasteiger partial charge in [-0.3, -0.25) is 24.1 Å². The normalized spacial score (nSPS) is 12.6. The SMILES string of the molecule is CCN1C(=O)c2c(NC(=O)c3ccccc3)cc(C(=O)c3ccccc3)c(C)c2C1=O. The zero-order valence-corrected chi connectivity index (χ0v) is 17.1. The average molecular weight is 412 g/mol. The Bertz CT molecular complexity index is 1220. The standard InChI is InChI=1S/C25H20N2O4/c1-3-27-24(30)20-15(2)18(22(28)16-10-6-4-7-11-16)14-19(21(20)25(27)31)26-23(29)17-12-8-5-9-13-17/h4-14H,3H2,1-2H3,(H,26,29). The van der Waals surface area contributed by atoms with Crippen LogP contribution in [0.15, 0.2) is 66.7 Å². The lowest BCUT2D eigenvalue weighted by molar-refractivity contribution is 0.0663. The van der Waals surface area contributed by atoms with Crippen LogP contribution in [0.3, 0.4) is 0 Å². The van der Waals surface area contributed by atoms with Gasteiger partial charge in [0.15, 0.2) is 5.78 Å². The number of anilines is 1. The monoisotopic (exact) mass is 412 g/mol. The molecule has 1 heterocycles. The molecular formula is C25H20N2O4. The van der Waals surface area contributed by atoms with Crippen molar-refractivity contribution in [2.45, 2.75) is 13.8 Å². The first-order chi connectivity index (χ1) is 14.9. The molecule has 3 amide bonds. The molecule has 0 bridgehead atoms. The molecule has 31 heavy (non-hydrogen) atoms. The lowest BCUT2D eigenvalue weighted by Gasteiger charge is -2.14. The number of hydrogen-bond donors (Lipinski definition) is 1. The molecule has 0 saturated carbocycles. The molecule has 0 unspecified atom stereocenters. The predicted octanol–water partition coefficient (Wildman–Crippen LogP) is 4.09. The molecule has 1 aliphatic heterocycles. The van der Waals surface area contributed by atoms with Crippen LogP contribution in [-0.2, 0) is 0 Å². The summed E-state index contributed by atoms with van der Waals surface area (Å²) in [6, 6.07) is 18.7. The lowest BCUT2D eigenvalue weighted by Crippen LogP contribution is -2.29. The number of hydrogen-bond acceptors (Lipinski definition) is 4. The fraction of sp³-hybridized carbons (Fsp3) is 0.120. The van der Waals surface area contributed by atoms with E-state index in [1.807, 2.05) is 0 Å². The Morgan fingerprint density at radius 1 is 0.839 bits per heavy atom. The van der Waals surface area contributed by atoms with E-state index in [0.29, 0.717) is 16.7 Å². The first-order valence-corrected chi connectivity index (χ1v) is 9.94. The highest BCUT2D eigenvalue weighted by Crippen LogP contribution is 2.35. The molecule has 6 heteroatoms. The summed E-state index contributed by atoms with van der Waals surface area (Å²) in [6.07, 6.45) is 0. The molecule has 4 rings (SSSR count). The smallest absolute Gasteiger partial charge is 0.263 e. The number of carbonyl (C=O) groups excluding carboxylic acids is 4. The van der Waals surface area contributed by atoms with Crippen molar-refractivity contribution in [2.24, 2.45) is 0 Å². The minimum absolute atomic E-state index is 0.123. The Balaban J connectivity index is 1.88. The second kappa shape index (κ2) is 7.99. The molecule has 0 aliphatic carbocycles. The van der Waals surface area contributed by atoms with Crippen molar-refractivity contribution in [1.82, 2.24) is 4.90 Å². The lowest BCUT2D eigenvalue weighted by atomic mass is 9.91. The van der Waals surface area contributed by atoms with E-state index < -0.39 is 17.7 Å². The van der Waals surface area contributed by atoms with Gasteiger partial charge in [-0.1, -0.05) is 48.5 Å². The van der Waals surface area contributed by atoms with Gasteiger partial charge in [-0.05, 0) is 37.6 Å². The van der Waals surface area contributed by atoms with E-state index in [-0.39, 0.29) is 34.7 Å². The van der Waals surface area contributed by atoms with Gasteiger partial charge in [0, 0.05) is 23.2 Å². The highest BCUT2D eigenvalue weighted by molar-refractivity contribution is 6.27. The first-order valence-electron chi connectivity index (χ1n) is 9.94. The summed E-state index contributed by atoms with van der Waals surface area (Å²) in [5.74, 6) is -1.66. The molecule has 0 fully saturated rings. The van der Waals surface area contributed by atoms with Crippen LogP contribution in [0.2, 0.25) is 0 Å². The van der Waals surface area contributed by atoms with Gasteiger partial charge in [-0.25, -0.2) is 0 Å². The minimum Gasteiger partial charge on any atom is -0.321 e. The van der Waals surface area contributed by atoms with Crippen molar-refractivity contribution in [3.63, 3.8) is 0 Å². The van der Waals surface area contributed by atoms with Crippen LogP contribution in [-0.4, -0.2) is 34.9 Å². The van der Waals surface area contributed by atoms with Gasteiger partial charge in [-0.2, -0.15) is 0 Å². The summed E-state index contributed by atoms with van der Waals surface area (Å²) < 4.78 is 0. The quantitative estimate of drug-likeness (QED) is 0.505. The maximum atomic E-state index is 13.2. The molecule has 0 saturated heterocycles. The molecule has 1 aliphatic rings. The topological polar surface area (TPSA) is 83.6 Å². The predicted molar refractivity (Wildman–Crippen MR) is 116 cm³/mol. The molecule has 154 valence electrons. The molecule has 0 radical (unpaired) electrons. The van der Waals surface area contributed by atoms with E-state index in [4.69, 9.17) is 0 Å². The van der Waals surface area contributed by atoms with Crippen LogP contribution < -0.4 is 5.32 Å². The second-order valence-corrected chi connectivity index (χ2v) is 7.22. The Kier molecular flexibility index (Phi) is 5.21. The fourth-order valence-corrected chi connectivity index (χ4v) is 3.78. The van der Waals surface area contributed by atoms with E-state index in [9.17, 15) is 19.2 Å². The zero-order valence-electron chi connectivity index (χ0n) is 17.1. The van der Waals surface area contributed by atoms with Gasteiger partial charge in [0.05, 0.1) is 16.8 Å². The van der Waals surface area contributed by atoms with Gasteiger partial charge in [0.1, 0.15) is 0 Å². The summed E-state index contributed by atoms with van der Waals surface area (Å²) in [5.41, 5.74) is 1.99. The Morgan fingerprint density at radius 3 is 1.97 bits per heavy atom. The highest BCUT2D eigenvalue weighted by Gasteiger charge is 2.40. The number of benzene rings is 3. The van der Waals surface area contributed by atoms with Gasteiger partial charge in [-0.15, -0.1) is 0 Å². The van der Waals surface area contributed by atoms with Crippen LogP contribution in [0.5, 0.6) is 0 Å². The van der Waals surface area contributed by atoms with Gasteiger partial charge in [0.25, 0.3) is 17.7 Å². The van der Waals surface area contributed by atoms with Crippen molar-refractivity contribution in [1.29, 1.82) is 0 Å². The number of fused-ring (bicyclic) bond motifs is 1. The zero-order chi connectivity index (χ0) is 22.1. The van der Waals surface area contributed by atoms with Crippen molar-refractivity contribution in [3.8, 4) is 0 Å². The second-order valence-electron chi connectivity index (χ2n) is 7.22. The summed E-state index contributed by atoms with van der Waals surface area (Å²) in [4.78, 5) is 53.0. The van der Waals surface area contributed by atoms with E-state index in [0.717, 1.165) is 4.90 Å². The summed E-state index contributed by atoms with van der Waals surface area (Å²) in [6.45, 7) is 3.55. The number of imide groups is 1. The number of amides is 3. The number of carbonyl (C=O) groups is 4. The summed E-state index contributed by atoms with van der Waals surface area (Å²) in [7, 11) is 0. The third kappa shape index (κ3) is 3.42. The van der Waals surface area contributed by atoms with Gasteiger partial charge >= 0.3 is 0 Å². The molecule has 6 nitrogen and oxygen atoms in total. The summed E-state index contributed by atoms with van der Waals surface area (Å²) >= 11 is 0. The molecule has 0 atom stereocenters. The van der Waals surface area contributed by atoms with Crippen molar-refractivity contribution in [3.05, 3.63) is 100 Å². The van der Waals surface area contributed by atoms with E-state index >= 15 is 0 Å². The number of nitrogens with one attached hydrogen (secondary N) is 1. The van der Waals surface area contributed by atoms with Crippen LogP contribution in [0.25, 0.3) is 0 Å². The van der Waals surface area contributed by atoms with Gasteiger partial charge < -0.3 is 5.32 Å². The number of rotatable bonds is 5. The maximum absolute atomic E-state index is 13.2. The third-order valence-corrected chi connectivity index (χ3v) is 5.39. The Hall–Kier alpha value is -4.06. The molecular weight excluding hydrogens is 392 g/mol. The molecule has 1 N–H and O–H groups in total. The average Bonchev–Trinajstić information content (AvgIpc) is 3.06. The molecule has 3 aromatic carbocycles. The highest BCUT2D eigenvalue weighted by atomic mass is 16.2. The Morgan fingerprint density at radius 2 is 1.39 bits per heavy atom. The summed E-state index contributed by atoms with van der Waals surface area (Å²) in [5, 5.41) is 2.74. The number of ketones is 1. The van der Waals surface area contributed by atoms with Crippen molar-refractivity contribution in [2.75, 3.05) is 11.9 Å².